The molecule has 214 valence electrons. The zero-order valence-electron chi connectivity index (χ0n) is 24.4. The molecule has 0 saturated heterocycles. The van der Waals surface area contributed by atoms with Crippen LogP contribution in [0.1, 0.15) is 36.8 Å². The molecule has 1 aliphatic rings. The molecule has 0 saturated carbocycles. The molecule has 0 unspecified atom stereocenters. The number of nitrogens with zero attached hydrogens (tertiary/aromatic N) is 5. The van der Waals surface area contributed by atoms with Crippen molar-refractivity contribution < 1.29 is 14.3 Å². The summed E-state index contributed by atoms with van der Waals surface area (Å²) in [5.41, 5.74) is 3.15. The summed E-state index contributed by atoms with van der Waals surface area (Å²) in [6, 6.07) is 9.52. The van der Waals surface area contributed by atoms with Crippen LogP contribution >= 0.6 is 11.3 Å². The first kappa shape index (κ1) is 28.5. The molecular formula is C31H36N6O3S. The fraction of sp³-hybridized carbons (Fsp3) is 0.355. The van der Waals surface area contributed by atoms with E-state index >= 15 is 0 Å². The van der Waals surface area contributed by atoms with Gasteiger partial charge in [0.1, 0.15) is 28.5 Å². The second-order valence-electron chi connectivity index (χ2n) is 11.1. The van der Waals surface area contributed by atoms with E-state index in [1.165, 1.54) is 5.56 Å². The Bertz CT molecular complexity index is 1580. The zero-order chi connectivity index (χ0) is 29.1. The van der Waals surface area contributed by atoms with E-state index in [2.05, 4.69) is 53.0 Å². The van der Waals surface area contributed by atoms with Crippen molar-refractivity contribution in [3.63, 3.8) is 0 Å². The third-order valence-electron chi connectivity index (χ3n) is 7.32. The van der Waals surface area contributed by atoms with Gasteiger partial charge in [0.15, 0.2) is 0 Å². The molecule has 0 spiro atoms. The molecule has 1 amide bonds. The highest BCUT2D eigenvalue weighted by Gasteiger charge is 2.26. The molecule has 1 aliphatic heterocycles. The van der Waals surface area contributed by atoms with Crippen LogP contribution in [0.5, 0.6) is 17.4 Å². The highest BCUT2D eigenvalue weighted by molar-refractivity contribution is 7.19. The van der Waals surface area contributed by atoms with Crippen molar-refractivity contribution in [2.75, 3.05) is 32.6 Å². The summed E-state index contributed by atoms with van der Waals surface area (Å²) in [6.45, 7) is 10.5. The minimum absolute atomic E-state index is 0.0445. The molecule has 4 aromatic rings. The third-order valence-corrected chi connectivity index (χ3v) is 8.44. The molecule has 9 nitrogen and oxygen atoms in total. The Labute approximate surface area is 244 Å². The lowest BCUT2D eigenvalue weighted by atomic mass is 10.0. The molecule has 0 aliphatic carbocycles. The molecule has 0 atom stereocenters. The minimum atomic E-state index is 0.0445. The van der Waals surface area contributed by atoms with Gasteiger partial charge in [-0.3, -0.25) is 9.69 Å². The minimum Gasteiger partial charge on any atom is -0.481 e. The maximum atomic E-state index is 12.9. The summed E-state index contributed by atoms with van der Waals surface area (Å²) in [7, 11) is 3.65. The van der Waals surface area contributed by atoms with Gasteiger partial charge in [0.25, 0.3) is 0 Å². The second-order valence-corrected chi connectivity index (χ2v) is 12.2. The monoisotopic (exact) mass is 572 g/mol. The average Bonchev–Trinajstić information content (AvgIpc) is 3.33. The fourth-order valence-corrected chi connectivity index (χ4v) is 5.76. The first-order chi connectivity index (χ1) is 19.6. The number of thiophene rings is 1. The average molecular weight is 573 g/mol. The van der Waals surface area contributed by atoms with Gasteiger partial charge < -0.3 is 19.7 Å². The number of benzene rings is 1. The largest absolute Gasteiger partial charge is 0.481 e. The van der Waals surface area contributed by atoms with Gasteiger partial charge in [0, 0.05) is 41.3 Å². The molecule has 1 aromatic carbocycles. The fourth-order valence-electron chi connectivity index (χ4n) is 4.55. The number of carbonyl (C=O) groups excluding carboxylic acids is 1. The van der Waals surface area contributed by atoms with Crippen LogP contribution in [-0.4, -0.2) is 63.4 Å². The van der Waals surface area contributed by atoms with Crippen LogP contribution < -0.4 is 14.8 Å². The van der Waals surface area contributed by atoms with Crippen LogP contribution in [0.25, 0.3) is 10.2 Å². The molecule has 0 bridgehead atoms. The molecule has 41 heavy (non-hydrogen) atoms. The molecule has 5 rings (SSSR count). The van der Waals surface area contributed by atoms with Crippen LogP contribution in [0.2, 0.25) is 0 Å². The lowest BCUT2D eigenvalue weighted by Crippen LogP contribution is -2.38. The van der Waals surface area contributed by atoms with Gasteiger partial charge in [-0.2, -0.15) is 0 Å². The van der Waals surface area contributed by atoms with E-state index in [0.29, 0.717) is 24.7 Å². The normalized spacial score (nSPS) is 13.6. The number of hydrogen-bond acceptors (Lipinski definition) is 9. The highest BCUT2D eigenvalue weighted by Crippen LogP contribution is 2.38. The van der Waals surface area contributed by atoms with E-state index in [4.69, 9.17) is 9.47 Å². The summed E-state index contributed by atoms with van der Waals surface area (Å²) in [5, 5.41) is 4.52. The van der Waals surface area contributed by atoms with Crippen molar-refractivity contribution in [1.29, 1.82) is 0 Å². The number of pyridine rings is 1. The summed E-state index contributed by atoms with van der Waals surface area (Å²) >= 11 is 1.63. The Kier molecular flexibility index (Phi) is 8.23. The number of nitrogens with one attached hydrogen (secondary N) is 1. The Morgan fingerprint density at radius 1 is 1.20 bits per heavy atom. The van der Waals surface area contributed by atoms with Gasteiger partial charge in [-0.1, -0.05) is 6.08 Å². The van der Waals surface area contributed by atoms with Gasteiger partial charge >= 0.3 is 0 Å². The van der Waals surface area contributed by atoms with Crippen LogP contribution in [0.4, 0.5) is 11.5 Å². The summed E-state index contributed by atoms with van der Waals surface area (Å²) in [5.74, 6) is 2.73. The number of aromatic nitrogens is 3. The lowest BCUT2D eigenvalue weighted by molar-refractivity contribution is -0.126. The summed E-state index contributed by atoms with van der Waals surface area (Å²) in [4.78, 5) is 32.5. The van der Waals surface area contributed by atoms with Crippen LogP contribution in [0, 0.1) is 6.92 Å². The van der Waals surface area contributed by atoms with Crippen LogP contribution in [0.3, 0.4) is 0 Å². The second kappa shape index (κ2) is 11.8. The van der Waals surface area contributed by atoms with E-state index in [0.717, 1.165) is 50.9 Å². The number of aryl methyl sites for hydroxylation is 1. The van der Waals surface area contributed by atoms with E-state index in [1.807, 2.05) is 42.2 Å². The number of hydrogen-bond donors (Lipinski definition) is 1. The van der Waals surface area contributed by atoms with E-state index < -0.39 is 0 Å². The Morgan fingerprint density at radius 3 is 2.73 bits per heavy atom. The first-order valence-electron chi connectivity index (χ1n) is 13.6. The van der Waals surface area contributed by atoms with Crippen molar-refractivity contribution in [2.24, 2.45) is 0 Å². The van der Waals surface area contributed by atoms with Crippen LogP contribution in [-0.2, 0) is 17.8 Å². The topological polar surface area (TPSA) is 92.7 Å². The predicted molar refractivity (Wildman–Crippen MR) is 163 cm³/mol. The van der Waals surface area contributed by atoms with E-state index in [1.54, 1.807) is 43.1 Å². The van der Waals surface area contributed by atoms with Crippen LogP contribution in [0.15, 0.2) is 55.0 Å². The Morgan fingerprint density at radius 2 is 2.02 bits per heavy atom. The third kappa shape index (κ3) is 6.49. The SMILES string of the molecule is COc1ccc(Oc2ccc(Nc3ncnc4sc5c(c34)CCN(C(=O)/C=C/CN(C)C(C)(C)C)C5)cc2C)cn1. The molecule has 4 heterocycles. The molecule has 0 fully saturated rings. The number of fused-ring (bicyclic) bond motifs is 3. The summed E-state index contributed by atoms with van der Waals surface area (Å²) in [6.07, 6.45) is 7.64. The first-order valence-corrected chi connectivity index (χ1v) is 14.4. The lowest BCUT2D eigenvalue weighted by Gasteiger charge is -2.31. The van der Waals surface area contributed by atoms with E-state index in [-0.39, 0.29) is 11.4 Å². The Hall–Kier alpha value is -4.02. The molecule has 3 aromatic heterocycles. The van der Waals surface area contributed by atoms with Gasteiger partial charge in [0.05, 0.1) is 25.2 Å². The van der Waals surface area contributed by atoms with Crippen molar-refractivity contribution in [3.05, 3.63) is 71.0 Å². The number of carbonyl (C=O) groups is 1. The van der Waals surface area contributed by atoms with Gasteiger partial charge in [-0.15, -0.1) is 11.3 Å². The van der Waals surface area contributed by atoms with E-state index in [9.17, 15) is 4.79 Å². The number of amides is 1. The number of methoxy groups -OCH3 is 1. The predicted octanol–water partition coefficient (Wildman–Crippen LogP) is 6.11. The number of likely N-dealkylation sites (N-methyl/N-ethyl adjacent to an activating group) is 1. The van der Waals surface area contributed by atoms with Gasteiger partial charge in [0.2, 0.25) is 11.8 Å². The Balaban J connectivity index is 1.29. The van der Waals surface area contributed by atoms with Gasteiger partial charge in [-0.05, 0) is 76.6 Å². The molecular weight excluding hydrogens is 536 g/mol. The maximum Gasteiger partial charge on any atom is 0.246 e. The molecule has 0 radical (unpaired) electrons. The highest BCUT2D eigenvalue weighted by atomic mass is 32.1. The van der Waals surface area contributed by atoms with Crippen molar-refractivity contribution in [3.8, 4) is 17.4 Å². The smallest absolute Gasteiger partial charge is 0.246 e. The zero-order valence-corrected chi connectivity index (χ0v) is 25.2. The van der Waals surface area contributed by atoms with Crippen molar-refractivity contribution >= 4 is 39.0 Å². The van der Waals surface area contributed by atoms with Crippen molar-refractivity contribution in [1.82, 2.24) is 24.8 Å². The molecule has 10 heteroatoms. The maximum absolute atomic E-state index is 12.9. The van der Waals surface area contributed by atoms with Gasteiger partial charge in [-0.25, -0.2) is 15.0 Å². The number of rotatable bonds is 8. The van der Waals surface area contributed by atoms with Crippen molar-refractivity contribution in [2.45, 2.75) is 46.2 Å². The number of anilines is 2. The number of ether oxygens (including phenoxy) is 2. The quantitative estimate of drug-likeness (QED) is 0.253. The summed E-state index contributed by atoms with van der Waals surface area (Å²) < 4.78 is 11.1. The molecule has 1 N–H and O–H groups in total. The standard InChI is InChI=1S/C31H36N6O3S/c1-20-16-21(9-11-24(20)40-22-10-12-26(39-6)32-17-22)35-29-28-23-13-15-37(18-25(23)41-30(28)34-19-33-29)27(38)8-7-14-36(5)31(2,3)4/h7-12,16-17,19H,13-15,18H2,1-6H3,(H,33,34,35)/b8-7+.